The zero-order valence-electron chi connectivity index (χ0n) is 14.9. The second-order valence-electron chi connectivity index (χ2n) is 6.69. The number of amides is 1. The van der Waals surface area contributed by atoms with Crippen LogP contribution < -0.4 is 5.32 Å². The van der Waals surface area contributed by atoms with Crippen molar-refractivity contribution in [3.8, 4) is 0 Å². The van der Waals surface area contributed by atoms with Gasteiger partial charge in [0.15, 0.2) is 0 Å². The minimum atomic E-state index is -0.0991. The molecule has 0 aliphatic heterocycles. The summed E-state index contributed by atoms with van der Waals surface area (Å²) in [6.45, 7) is 2.18. The van der Waals surface area contributed by atoms with Crippen LogP contribution in [0.15, 0.2) is 24.3 Å². The number of hydrogen-bond donors (Lipinski definition) is 1. The van der Waals surface area contributed by atoms with Crippen LogP contribution in [0, 0.1) is 0 Å². The zero-order chi connectivity index (χ0) is 17.9. The van der Waals surface area contributed by atoms with Gasteiger partial charge in [0.05, 0.1) is 11.1 Å². The summed E-state index contributed by atoms with van der Waals surface area (Å²) in [5.41, 5.74) is 3.79. The van der Waals surface area contributed by atoms with Crippen molar-refractivity contribution < 1.29 is 4.79 Å². The van der Waals surface area contributed by atoms with Gasteiger partial charge in [0.25, 0.3) is 5.91 Å². The minimum absolute atomic E-state index is 0.0991. The molecule has 1 N–H and O–H groups in total. The predicted octanol–water partition coefficient (Wildman–Crippen LogP) is 4.56. The number of carbonyl (C=O) groups is 1. The van der Waals surface area contributed by atoms with Crippen LogP contribution in [0.2, 0.25) is 0 Å². The van der Waals surface area contributed by atoms with E-state index in [1.807, 2.05) is 24.3 Å². The molecule has 26 heavy (non-hydrogen) atoms. The highest BCUT2D eigenvalue weighted by Crippen LogP contribution is 2.30. The van der Waals surface area contributed by atoms with Crippen molar-refractivity contribution in [3.63, 3.8) is 0 Å². The molecule has 0 radical (unpaired) electrons. The first-order valence-corrected chi connectivity index (χ1v) is 10.1. The molecule has 134 valence electrons. The third-order valence-electron chi connectivity index (χ3n) is 4.83. The lowest BCUT2D eigenvalue weighted by atomic mass is 10.0. The minimum Gasteiger partial charge on any atom is -0.296 e. The molecular weight excluding hydrogens is 344 g/mol. The predicted molar refractivity (Wildman–Crippen MR) is 105 cm³/mol. The van der Waals surface area contributed by atoms with Gasteiger partial charge in [-0.05, 0) is 37.3 Å². The summed E-state index contributed by atoms with van der Waals surface area (Å²) in [4.78, 5) is 17.8. The Kier molecular flexibility index (Phi) is 4.93. The van der Waals surface area contributed by atoms with Gasteiger partial charge in [-0.3, -0.25) is 15.1 Å². The first kappa shape index (κ1) is 17.1. The highest BCUT2D eigenvalue weighted by atomic mass is 32.1. The molecule has 1 aromatic carbocycles. The van der Waals surface area contributed by atoms with Gasteiger partial charge in [0, 0.05) is 17.5 Å². The Labute approximate surface area is 156 Å². The highest BCUT2D eigenvalue weighted by Gasteiger charge is 2.24. The van der Waals surface area contributed by atoms with Gasteiger partial charge in [-0.2, -0.15) is 0 Å². The third-order valence-corrected chi connectivity index (χ3v) is 5.73. The van der Waals surface area contributed by atoms with Crippen LogP contribution in [-0.2, 0) is 19.3 Å². The molecular formula is C20H22N4OS. The van der Waals surface area contributed by atoms with Gasteiger partial charge in [-0.1, -0.05) is 49.3 Å². The summed E-state index contributed by atoms with van der Waals surface area (Å²) in [6.07, 6.45) is 7.32. The maximum absolute atomic E-state index is 13.1. The summed E-state index contributed by atoms with van der Waals surface area (Å²) in [5.74, 6) is -0.0991. The number of anilines is 1. The van der Waals surface area contributed by atoms with Crippen LogP contribution in [0.25, 0.3) is 10.9 Å². The Morgan fingerprint density at radius 3 is 2.96 bits per heavy atom. The van der Waals surface area contributed by atoms with E-state index in [0.717, 1.165) is 64.8 Å². The largest absolute Gasteiger partial charge is 0.296 e. The molecule has 1 aliphatic carbocycles. The molecule has 0 saturated heterocycles. The van der Waals surface area contributed by atoms with E-state index >= 15 is 0 Å². The van der Waals surface area contributed by atoms with E-state index in [2.05, 4.69) is 22.4 Å². The number of para-hydroxylation sites is 1. The van der Waals surface area contributed by atoms with Crippen molar-refractivity contribution in [3.05, 3.63) is 46.1 Å². The second-order valence-corrected chi connectivity index (χ2v) is 7.76. The Balaban J connectivity index is 1.61. The van der Waals surface area contributed by atoms with Crippen molar-refractivity contribution in [2.24, 2.45) is 0 Å². The number of unbranched alkanes of at least 4 members (excludes halogenated alkanes) is 2. The summed E-state index contributed by atoms with van der Waals surface area (Å²) in [6, 6.07) is 7.87. The Bertz CT molecular complexity index is 950. The van der Waals surface area contributed by atoms with Crippen molar-refractivity contribution in [2.75, 3.05) is 5.32 Å². The van der Waals surface area contributed by atoms with Crippen LogP contribution in [0.3, 0.4) is 0 Å². The van der Waals surface area contributed by atoms with Crippen molar-refractivity contribution in [2.45, 2.75) is 51.9 Å². The lowest BCUT2D eigenvalue weighted by Crippen LogP contribution is -2.15. The lowest BCUT2D eigenvalue weighted by molar-refractivity contribution is 0.102. The Hall–Kier alpha value is -2.34. The maximum Gasteiger partial charge on any atom is 0.258 e. The van der Waals surface area contributed by atoms with E-state index in [1.165, 1.54) is 24.2 Å². The number of fused-ring (bicyclic) bond motifs is 2. The second kappa shape index (κ2) is 7.50. The fourth-order valence-electron chi connectivity index (χ4n) is 3.56. The Morgan fingerprint density at radius 2 is 2.08 bits per heavy atom. The topological polar surface area (TPSA) is 67.8 Å². The van der Waals surface area contributed by atoms with Crippen LogP contribution in [0.5, 0.6) is 0 Å². The van der Waals surface area contributed by atoms with Crippen molar-refractivity contribution in [1.29, 1.82) is 0 Å². The number of hydrogen-bond acceptors (Lipinski definition) is 5. The molecule has 0 unspecified atom stereocenters. The third kappa shape index (κ3) is 3.33. The quantitative estimate of drug-likeness (QED) is 0.649. The first-order valence-electron chi connectivity index (χ1n) is 9.30. The van der Waals surface area contributed by atoms with Gasteiger partial charge in [-0.15, -0.1) is 10.2 Å². The maximum atomic E-state index is 13.1. The van der Waals surface area contributed by atoms with E-state index in [9.17, 15) is 4.79 Å². The summed E-state index contributed by atoms with van der Waals surface area (Å²) in [5, 5.41) is 13.8. The zero-order valence-corrected chi connectivity index (χ0v) is 15.7. The number of nitrogens with zero attached hydrogens (tertiary/aromatic N) is 3. The molecule has 0 spiro atoms. The number of carbonyl (C=O) groups excluding carboxylic acids is 1. The number of aromatic nitrogens is 3. The van der Waals surface area contributed by atoms with E-state index < -0.39 is 0 Å². The van der Waals surface area contributed by atoms with Crippen molar-refractivity contribution >= 4 is 33.3 Å². The fourth-order valence-corrected chi connectivity index (χ4v) is 4.34. The molecule has 0 atom stereocenters. The average molecular weight is 366 g/mol. The number of benzene rings is 1. The van der Waals surface area contributed by atoms with Gasteiger partial charge >= 0.3 is 0 Å². The molecule has 4 rings (SSSR count). The van der Waals surface area contributed by atoms with Crippen LogP contribution >= 0.6 is 11.3 Å². The van der Waals surface area contributed by atoms with Crippen LogP contribution in [-0.4, -0.2) is 21.1 Å². The molecule has 3 aromatic rings. The SMILES string of the molecule is CCCCCc1nnc(NC(=O)c2c3c(nc4ccccc24)CCC3)s1. The standard InChI is InChI=1S/C20H22N4OS/c1-2-3-4-12-17-23-24-20(26-17)22-19(25)18-13-8-5-6-10-15(13)21-16-11-7-9-14(16)18/h5-6,8,10H,2-4,7,9,11-12H2,1H3,(H,22,24,25). The van der Waals surface area contributed by atoms with Gasteiger partial charge in [0.1, 0.15) is 5.01 Å². The molecule has 0 saturated carbocycles. The van der Waals surface area contributed by atoms with Crippen LogP contribution in [0.1, 0.15) is 59.2 Å². The normalized spacial score (nSPS) is 13.1. The molecule has 0 bridgehead atoms. The fraction of sp³-hybridized carbons (Fsp3) is 0.400. The molecule has 2 aromatic heterocycles. The highest BCUT2D eigenvalue weighted by molar-refractivity contribution is 7.15. The summed E-state index contributed by atoms with van der Waals surface area (Å²) >= 11 is 1.48. The van der Waals surface area contributed by atoms with E-state index in [0.29, 0.717) is 5.13 Å². The molecule has 0 fully saturated rings. The summed E-state index contributed by atoms with van der Waals surface area (Å²) < 4.78 is 0. The number of nitrogens with one attached hydrogen (secondary N) is 1. The average Bonchev–Trinajstić information content (AvgIpc) is 3.28. The number of aryl methyl sites for hydroxylation is 2. The number of rotatable bonds is 6. The molecule has 2 heterocycles. The van der Waals surface area contributed by atoms with Gasteiger partial charge in [-0.25, -0.2) is 0 Å². The van der Waals surface area contributed by atoms with Crippen LogP contribution in [0.4, 0.5) is 5.13 Å². The molecule has 1 amide bonds. The first-order chi connectivity index (χ1) is 12.8. The van der Waals surface area contributed by atoms with E-state index in [-0.39, 0.29) is 5.91 Å². The lowest BCUT2D eigenvalue weighted by Gasteiger charge is -2.11. The Morgan fingerprint density at radius 1 is 1.19 bits per heavy atom. The van der Waals surface area contributed by atoms with Gasteiger partial charge in [0.2, 0.25) is 5.13 Å². The molecule has 6 heteroatoms. The molecule has 1 aliphatic rings. The summed E-state index contributed by atoms with van der Waals surface area (Å²) in [7, 11) is 0. The van der Waals surface area contributed by atoms with Gasteiger partial charge < -0.3 is 0 Å². The monoisotopic (exact) mass is 366 g/mol. The smallest absolute Gasteiger partial charge is 0.258 e. The number of pyridine rings is 1. The van der Waals surface area contributed by atoms with E-state index in [4.69, 9.17) is 4.98 Å². The van der Waals surface area contributed by atoms with E-state index in [1.54, 1.807) is 0 Å². The van der Waals surface area contributed by atoms with Crippen molar-refractivity contribution in [1.82, 2.24) is 15.2 Å². The molecule has 5 nitrogen and oxygen atoms in total.